The summed E-state index contributed by atoms with van der Waals surface area (Å²) in [5.74, 6) is 0.852. The largest absolute Gasteiger partial charge is 0.242 e. The molecular weight excluding hydrogens is 307 g/mol. The van der Waals surface area contributed by atoms with Gasteiger partial charge >= 0.3 is 0 Å². The van der Waals surface area contributed by atoms with Gasteiger partial charge in [0.1, 0.15) is 10.0 Å². The molecule has 0 saturated heterocycles. The molecule has 0 bridgehead atoms. The zero-order valence-corrected chi connectivity index (χ0v) is 13.1. The van der Waals surface area contributed by atoms with Crippen molar-refractivity contribution in [2.45, 2.75) is 37.6 Å². The second-order valence-corrected chi connectivity index (χ2v) is 7.56. The second kappa shape index (κ2) is 5.56. The highest BCUT2D eigenvalue weighted by Gasteiger charge is 2.33. The van der Waals surface area contributed by atoms with E-state index in [1.54, 1.807) is 0 Å². The van der Waals surface area contributed by atoms with Crippen LogP contribution >= 0.6 is 23.2 Å². The Bertz CT molecular complexity index is 577. The fraction of sp³-hybridized carbons (Fsp3) is 0.583. The van der Waals surface area contributed by atoms with Gasteiger partial charge in [-0.25, -0.2) is 18.1 Å². The molecule has 19 heavy (non-hydrogen) atoms. The van der Waals surface area contributed by atoms with Gasteiger partial charge < -0.3 is 0 Å². The highest BCUT2D eigenvalue weighted by Crippen LogP contribution is 2.32. The quantitative estimate of drug-likeness (QED) is 0.870. The molecule has 0 spiro atoms. The number of aromatic nitrogens is 1. The van der Waals surface area contributed by atoms with E-state index in [0.717, 1.165) is 12.8 Å². The van der Waals surface area contributed by atoms with Crippen molar-refractivity contribution in [3.8, 4) is 0 Å². The molecule has 1 heterocycles. The summed E-state index contributed by atoms with van der Waals surface area (Å²) in [6.45, 7) is 4.21. The summed E-state index contributed by atoms with van der Waals surface area (Å²) >= 11 is 11.5. The van der Waals surface area contributed by atoms with Gasteiger partial charge in [-0.15, -0.1) is 0 Å². The molecule has 0 aliphatic heterocycles. The molecule has 0 radical (unpaired) electrons. The Morgan fingerprint density at radius 1 is 1.32 bits per heavy atom. The first-order valence-electron chi connectivity index (χ1n) is 6.14. The van der Waals surface area contributed by atoms with E-state index in [1.807, 2.05) is 0 Å². The minimum absolute atomic E-state index is 0.0329. The number of rotatable bonds is 3. The minimum atomic E-state index is -3.59. The van der Waals surface area contributed by atoms with Crippen LogP contribution in [0.2, 0.25) is 10.2 Å². The van der Waals surface area contributed by atoms with E-state index in [4.69, 9.17) is 23.2 Å². The topological polar surface area (TPSA) is 59.1 Å². The molecule has 4 nitrogen and oxygen atoms in total. The van der Waals surface area contributed by atoms with Crippen LogP contribution in [-0.2, 0) is 10.0 Å². The number of hydrogen-bond acceptors (Lipinski definition) is 3. The van der Waals surface area contributed by atoms with Gasteiger partial charge in [0.2, 0.25) is 10.0 Å². The van der Waals surface area contributed by atoms with Crippen molar-refractivity contribution in [3.05, 3.63) is 22.4 Å². The number of halogens is 2. The van der Waals surface area contributed by atoms with E-state index in [-0.39, 0.29) is 21.1 Å². The predicted octanol–water partition coefficient (Wildman–Crippen LogP) is 3.10. The lowest BCUT2D eigenvalue weighted by Crippen LogP contribution is -2.37. The van der Waals surface area contributed by atoms with E-state index in [9.17, 15) is 8.42 Å². The summed E-state index contributed by atoms with van der Waals surface area (Å²) in [6.07, 6.45) is 3.11. The van der Waals surface area contributed by atoms with Crippen LogP contribution in [-0.4, -0.2) is 19.4 Å². The van der Waals surface area contributed by atoms with E-state index in [1.165, 1.54) is 12.3 Å². The third kappa shape index (κ3) is 3.21. The molecule has 3 atom stereocenters. The van der Waals surface area contributed by atoms with Gasteiger partial charge in [0, 0.05) is 12.2 Å². The van der Waals surface area contributed by atoms with Gasteiger partial charge in [0.15, 0.2) is 0 Å². The molecule has 3 unspecified atom stereocenters. The maximum Gasteiger partial charge on any atom is 0.242 e. The van der Waals surface area contributed by atoms with Crippen LogP contribution in [0.15, 0.2) is 17.2 Å². The van der Waals surface area contributed by atoms with E-state index in [2.05, 4.69) is 23.6 Å². The molecule has 1 aliphatic rings. The average molecular weight is 323 g/mol. The fourth-order valence-electron chi connectivity index (χ4n) is 2.35. The monoisotopic (exact) mass is 322 g/mol. The first-order chi connectivity index (χ1) is 8.81. The number of pyridine rings is 1. The Morgan fingerprint density at radius 2 is 2.00 bits per heavy atom. The van der Waals surface area contributed by atoms with Gasteiger partial charge in [-0.3, -0.25) is 0 Å². The number of hydrogen-bond donors (Lipinski definition) is 1. The zero-order chi connectivity index (χ0) is 14.2. The van der Waals surface area contributed by atoms with Crippen LogP contribution in [0.3, 0.4) is 0 Å². The summed E-state index contributed by atoms with van der Waals surface area (Å²) in [7, 11) is -3.59. The van der Waals surface area contributed by atoms with Crippen molar-refractivity contribution < 1.29 is 8.42 Å². The summed E-state index contributed by atoms with van der Waals surface area (Å²) in [5, 5.41) is 0.237. The van der Waals surface area contributed by atoms with Crippen molar-refractivity contribution >= 4 is 33.2 Å². The van der Waals surface area contributed by atoms with Gasteiger partial charge in [0.05, 0.1) is 5.02 Å². The van der Waals surface area contributed by atoms with Gasteiger partial charge in [-0.05, 0) is 30.7 Å². The molecule has 1 aliphatic carbocycles. The Kier molecular flexibility index (Phi) is 4.40. The number of nitrogens with zero attached hydrogens (tertiary/aromatic N) is 1. The van der Waals surface area contributed by atoms with Crippen molar-refractivity contribution in [1.82, 2.24) is 9.71 Å². The number of nitrogens with one attached hydrogen (secondary N) is 1. The number of sulfonamides is 1. The lowest BCUT2D eigenvalue weighted by atomic mass is 9.98. The van der Waals surface area contributed by atoms with Gasteiger partial charge in [-0.2, -0.15) is 0 Å². The molecule has 2 rings (SSSR count). The smallest absolute Gasteiger partial charge is 0.242 e. The van der Waals surface area contributed by atoms with E-state index in [0.29, 0.717) is 11.8 Å². The SMILES string of the molecule is CC1CCC(NS(=O)(=O)c2cnc(Cl)c(Cl)c2)C1C. The summed E-state index contributed by atoms with van der Waals surface area (Å²) in [6, 6.07) is 1.29. The standard InChI is InChI=1S/C12H16Cl2N2O2S/c1-7-3-4-11(8(7)2)16-19(17,18)9-5-10(13)12(14)15-6-9/h5-8,11,16H,3-4H2,1-2H3. The van der Waals surface area contributed by atoms with Crippen molar-refractivity contribution in [2.24, 2.45) is 11.8 Å². The second-order valence-electron chi connectivity index (χ2n) is 5.09. The molecule has 1 aromatic rings. The predicted molar refractivity (Wildman–Crippen MR) is 75.9 cm³/mol. The fourth-order valence-corrected chi connectivity index (χ4v) is 4.02. The van der Waals surface area contributed by atoms with E-state index >= 15 is 0 Å². The van der Waals surface area contributed by atoms with Crippen molar-refractivity contribution in [1.29, 1.82) is 0 Å². The molecule has 7 heteroatoms. The Labute approximate surface area is 123 Å². The highest BCUT2D eigenvalue weighted by molar-refractivity contribution is 7.89. The zero-order valence-electron chi connectivity index (χ0n) is 10.7. The minimum Gasteiger partial charge on any atom is -0.242 e. The third-order valence-corrected chi connectivity index (χ3v) is 6.00. The van der Waals surface area contributed by atoms with Gasteiger partial charge in [0.25, 0.3) is 0 Å². The lowest BCUT2D eigenvalue weighted by molar-refractivity contribution is 0.402. The molecule has 106 valence electrons. The first-order valence-corrected chi connectivity index (χ1v) is 8.38. The van der Waals surface area contributed by atoms with Crippen molar-refractivity contribution in [3.63, 3.8) is 0 Å². The van der Waals surface area contributed by atoms with Crippen LogP contribution in [0.1, 0.15) is 26.7 Å². The molecule has 1 saturated carbocycles. The molecular formula is C12H16Cl2N2O2S. The maximum absolute atomic E-state index is 12.3. The molecule has 0 amide bonds. The van der Waals surface area contributed by atoms with E-state index < -0.39 is 10.0 Å². The van der Waals surface area contributed by atoms with Crippen LogP contribution in [0.4, 0.5) is 0 Å². The van der Waals surface area contributed by atoms with Crippen LogP contribution in [0.25, 0.3) is 0 Å². The molecule has 1 aromatic heterocycles. The maximum atomic E-state index is 12.3. The normalized spacial score (nSPS) is 27.7. The molecule has 1 N–H and O–H groups in total. The Morgan fingerprint density at radius 3 is 2.53 bits per heavy atom. The molecule has 0 aromatic carbocycles. The summed E-state index contributed by atoms with van der Waals surface area (Å²) in [4.78, 5) is 3.82. The van der Waals surface area contributed by atoms with Crippen LogP contribution in [0, 0.1) is 11.8 Å². The summed E-state index contributed by atoms with van der Waals surface area (Å²) in [5.41, 5.74) is 0. The Hall–Kier alpha value is -0.360. The highest BCUT2D eigenvalue weighted by atomic mass is 35.5. The lowest BCUT2D eigenvalue weighted by Gasteiger charge is -2.19. The van der Waals surface area contributed by atoms with Crippen LogP contribution in [0.5, 0.6) is 0 Å². The Balaban J connectivity index is 2.21. The first kappa shape index (κ1) is 15.0. The summed E-state index contributed by atoms with van der Waals surface area (Å²) < 4.78 is 27.2. The van der Waals surface area contributed by atoms with Crippen molar-refractivity contribution in [2.75, 3.05) is 0 Å². The van der Waals surface area contributed by atoms with Gasteiger partial charge in [-0.1, -0.05) is 37.0 Å². The molecule has 1 fully saturated rings. The third-order valence-electron chi connectivity index (χ3n) is 3.85. The average Bonchev–Trinajstić information content (AvgIpc) is 2.64. The van der Waals surface area contributed by atoms with Crippen LogP contribution < -0.4 is 4.72 Å².